The summed E-state index contributed by atoms with van der Waals surface area (Å²) in [4.78, 5) is 9.40. The first-order valence-electron chi connectivity index (χ1n) is 16.2. The summed E-state index contributed by atoms with van der Waals surface area (Å²) in [5, 5.41) is 3.25. The third-order valence-electron chi connectivity index (χ3n) is 8.82. The number of para-hydroxylation sites is 1. The van der Waals surface area contributed by atoms with Crippen LogP contribution in [0.5, 0.6) is 23.1 Å². The highest BCUT2D eigenvalue weighted by molar-refractivity contribution is 6.13. The van der Waals surface area contributed by atoms with Gasteiger partial charge in [0.15, 0.2) is 0 Å². The smallest absolute Gasteiger partial charge is 0.219 e. The van der Waals surface area contributed by atoms with Crippen molar-refractivity contribution in [3.63, 3.8) is 0 Å². The van der Waals surface area contributed by atoms with E-state index in [-0.39, 0.29) is 0 Å². The molecule has 0 saturated carbocycles. The lowest BCUT2D eigenvalue weighted by atomic mass is 9.90. The lowest BCUT2D eigenvalue weighted by Crippen LogP contribution is -1.97. The van der Waals surface area contributed by atoms with Gasteiger partial charge in [-0.25, -0.2) is 9.97 Å². The molecule has 232 valence electrons. The van der Waals surface area contributed by atoms with E-state index < -0.39 is 0 Å². The van der Waals surface area contributed by atoms with Crippen LogP contribution in [-0.4, -0.2) is 14.4 Å². The van der Waals surface area contributed by atoms with E-state index in [4.69, 9.17) is 14.5 Å². The van der Waals surface area contributed by atoms with Crippen LogP contribution < -0.4 is 9.47 Å². The van der Waals surface area contributed by atoms with Crippen molar-refractivity contribution in [3.05, 3.63) is 176 Å². The van der Waals surface area contributed by atoms with Crippen LogP contribution in [0.4, 0.5) is 0 Å². The van der Waals surface area contributed by atoms with Crippen molar-refractivity contribution in [1.29, 1.82) is 0 Å². The Hall–Kier alpha value is -6.72. The van der Waals surface area contributed by atoms with Crippen molar-refractivity contribution in [2.75, 3.05) is 0 Å². The second-order valence-corrected chi connectivity index (χ2v) is 11.8. The minimum Gasteiger partial charge on any atom is -0.457 e. The Kier molecular flexibility index (Phi) is 7.06. The molecule has 0 aliphatic rings. The van der Waals surface area contributed by atoms with Gasteiger partial charge < -0.3 is 9.47 Å². The SMILES string of the molecule is c1ccc(-c2cccc(-c3ccccc3)c2-c2cnc3c4cc(Oc5cccc(Oc6ccccn6)c5)ccc4c4ccccc4n23)cc1. The van der Waals surface area contributed by atoms with Gasteiger partial charge in [-0.05, 0) is 70.1 Å². The van der Waals surface area contributed by atoms with E-state index in [0.29, 0.717) is 23.1 Å². The Balaban J connectivity index is 1.23. The molecule has 0 saturated heterocycles. The van der Waals surface area contributed by atoms with E-state index in [9.17, 15) is 0 Å². The predicted molar refractivity (Wildman–Crippen MR) is 197 cm³/mol. The fourth-order valence-corrected chi connectivity index (χ4v) is 6.68. The zero-order valence-electron chi connectivity index (χ0n) is 26.4. The number of ether oxygens (including phenoxy) is 2. The first kappa shape index (κ1) is 28.5. The molecule has 0 radical (unpaired) electrons. The molecule has 0 aliphatic carbocycles. The van der Waals surface area contributed by atoms with E-state index in [0.717, 1.165) is 60.8 Å². The summed E-state index contributed by atoms with van der Waals surface area (Å²) in [6.07, 6.45) is 3.72. The molecule has 0 aliphatic heterocycles. The maximum atomic E-state index is 6.43. The second-order valence-electron chi connectivity index (χ2n) is 11.8. The second kappa shape index (κ2) is 12.1. The highest BCUT2D eigenvalue weighted by atomic mass is 16.5. The summed E-state index contributed by atoms with van der Waals surface area (Å²) in [5.74, 6) is 2.55. The summed E-state index contributed by atoms with van der Waals surface area (Å²) in [5.41, 5.74) is 8.72. The molecule has 5 nitrogen and oxygen atoms in total. The van der Waals surface area contributed by atoms with Gasteiger partial charge in [-0.2, -0.15) is 0 Å². The molecule has 6 aromatic carbocycles. The monoisotopic (exact) mass is 631 g/mol. The number of hydrogen-bond acceptors (Lipinski definition) is 4. The average molecular weight is 632 g/mol. The normalized spacial score (nSPS) is 11.3. The zero-order chi connectivity index (χ0) is 32.6. The van der Waals surface area contributed by atoms with Crippen molar-refractivity contribution >= 4 is 27.3 Å². The molecule has 49 heavy (non-hydrogen) atoms. The van der Waals surface area contributed by atoms with Gasteiger partial charge in [-0.3, -0.25) is 4.40 Å². The fraction of sp³-hybridized carbons (Fsp3) is 0. The molecule has 9 aromatic rings. The van der Waals surface area contributed by atoms with Crippen molar-refractivity contribution in [2.45, 2.75) is 0 Å². The number of rotatable bonds is 7. The van der Waals surface area contributed by atoms with Crippen LogP contribution in [-0.2, 0) is 0 Å². The first-order chi connectivity index (χ1) is 24.3. The third-order valence-corrected chi connectivity index (χ3v) is 8.82. The van der Waals surface area contributed by atoms with Crippen LogP contribution in [0.25, 0.3) is 60.8 Å². The number of imidazole rings is 1. The molecule has 0 unspecified atom stereocenters. The van der Waals surface area contributed by atoms with Crippen molar-refractivity contribution in [1.82, 2.24) is 14.4 Å². The van der Waals surface area contributed by atoms with Crippen molar-refractivity contribution in [3.8, 4) is 56.6 Å². The zero-order valence-corrected chi connectivity index (χ0v) is 26.4. The third kappa shape index (κ3) is 5.24. The summed E-state index contributed by atoms with van der Waals surface area (Å²) >= 11 is 0. The van der Waals surface area contributed by atoms with E-state index >= 15 is 0 Å². The Morgan fingerprint density at radius 1 is 0.449 bits per heavy atom. The molecule has 3 aromatic heterocycles. The minimum absolute atomic E-state index is 0.527. The Morgan fingerprint density at radius 3 is 1.84 bits per heavy atom. The Bertz CT molecular complexity index is 2540. The minimum atomic E-state index is 0.527. The summed E-state index contributed by atoms with van der Waals surface area (Å²) in [6.45, 7) is 0. The van der Waals surface area contributed by atoms with Crippen molar-refractivity contribution in [2.24, 2.45) is 0 Å². The van der Waals surface area contributed by atoms with Gasteiger partial charge in [0, 0.05) is 34.7 Å². The molecule has 0 spiro atoms. The van der Waals surface area contributed by atoms with Gasteiger partial charge in [0.25, 0.3) is 0 Å². The molecule has 0 amide bonds. The Morgan fingerprint density at radius 2 is 1.10 bits per heavy atom. The maximum absolute atomic E-state index is 6.43. The molecule has 0 bridgehead atoms. The van der Waals surface area contributed by atoms with Crippen LogP contribution in [0.3, 0.4) is 0 Å². The van der Waals surface area contributed by atoms with Crippen LogP contribution in [0.2, 0.25) is 0 Å². The van der Waals surface area contributed by atoms with Gasteiger partial charge in [-0.15, -0.1) is 0 Å². The lowest BCUT2D eigenvalue weighted by molar-refractivity contribution is 0.449. The van der Waals surface area contributed by atoms with Crippen LogP contribution in [0.1, 0.15) is 0 Å². The molecular weight excluding hydrogens is 603 g/mol. The van der Waals surface area contributed by atoms with Crippen LogP contribution in [0, 0.1) is 0 Å². The van der Waals surface area contributed by atoms with Gasteiger partial charge in [-0.1, -0.05) is 109 Å². The van der Waals surface area contributed by atoms with E-state index in [1.165, 1.54) is 0 Å². The summed E-state index contributed by atoms with van der Waals surface area (Å²) in [6, 6.07) is 55.7. The lowest BCUT2D eigenvalue weighted by Gasteiger charge is -2.17. The highest BCUT2D eigenvalue weighted by Crippen LogP contribution is 2.43. The number of fused-ring (bicyclic) bond motifs is 6. The van der Waals surface area contributed by atoms with Gasteiger partial charge >= 0.3 is 0 Å². The number of hydrogen-bond donors (Lipinski definition) is 0. The van der Waals surface area contributed by atoms with E-state index in [2.05, 4.69) is 125 Å². The van der Waals surface area contributed by atoms with Crippen LogP contribution in [0.15, 0.2) is 176 Å². The predicted octanol–water partition coefficient (Wildman–Crippen LogP) is 11.6. The van der Waals surface area contributed by atoms with Crippen LogP contribution >= 0.6 is 0 Å². The quantitative estimate of drug-likeness (QED) is 0.164. The molecule has 3 heterocycles. The fourth-order valence-electron chi connectivity index (χ4n) is 6.68. The van der Waals surface area contributed by atoms with Gasteiger partial charge in [0.1, 0.15) is 22.9 Å². The number of pyridine rings is 2. The topological polar surface area (TPSA) is 48.7 Å². The van der Waals surface area contributed by atoms with E-state index in [1.807, 2.05) is 54.7 Å². The van der Waals surface area contributed by atoms with Gasteiger partial charge in [0.05, 0.1) is 17.4 Å². The molecular formula is C44H29N3O2. The number of nitrogens with zero attached hydrogens (tertiary/aromatic N) is 3. The molecule has 0 atom stereocenters. The summed E-state index contributed by atoms with van der Waals surface area (Å²) < 4.78 is 14.7. The van der Waals surface area contributed by atoms with Gasteiger partial charge in [0.2, 0.25) is 5.88 Å². The number of benzene rings is 6. The maximum Gasteiger partial charge on any atom is 0.219 e. The standard InChI is InChI=1S/C44H29N3O2/c1-3-13-30(14-4-1)35-20-12-21-36(31-15-5-2-6-16-31)43(35)41-29-46-44-39-28-34(24-25-37(39)38-19-7-8-22-40(38)47(41)44)48-32-17-11-18-33(27-32)49-42-23-9-10-26-45-42/h1-29H. The highest BCUT2D eigenvalue weighted by Gasteiger charge is 2.21. The summed E-state index contributed by atoms with van der Waals surface area (Å²) in [7, 11) is 0. The number of aromatic nitrogens is 3. The molecule has 0 fully saturated rings. The molecule has 0 N–H and O–H groups in total. The largest absolute Gasteiger partial charge is 0.457 e. The average Bonchev–Trinajstić information content (AvgIpc) is 3.61. The molecule has 9 rings (SSSR count). The van der Waals surface area contributed by atoms with Crippen molar-refractivity contribution < 1.29 is 9.47 Å². The Labute approximate surface area is 283 Å². The first-order valence-corrected chi connectivity index (χ1v) is 16.2. The van der Waals surface area contributed by atoms with E-state index in [1.54, 1.807) is 6.20 Å². The molecule has 5 heteroatoms.